The van der Waals surface area contributed by atoms with E-state index in [0.717, 1.165) is 0 Å². The Morgan fingerprint density at radius 3 is 2.47 bits per heavy atom. The van der Waals surface area contributed by atoms with Crippen LogP contribution in [0.25, 0.3) is 0 Å². The minimum atomic E-state index is -0.620. The van der Waals surface area contributed by atoms with Crippen molar-refractivity contribution in [1.29, 1.82) is 0 Å². The van der Waals surface area contributed by atoms with E-state index in [0.29, 0.717) is 11.3 Å². The molecule has 0 fully saturated rings. The predicted octanol–water partition coefficient (Wildman–Crippen LogP) is 1.39. The average Bonchev–Trinajstić information content (AvgIpc) is 2.18. The molecule has 0 bridgehead atoms. The molecule has 1 aromatic carbocycles. The number of para-hydroxylation sites is 1. The third-order valence-corrected chi connectivity index (χ3v) is 2.37. The SMILES string of the molecule is CC(=O)C1COc2ccccc2C1=O.F.F.[B]. The Hall–Kier alpha value is -1.72. The van der Waals surface area contributed by atoms with Gasteiger partial charge in [0.15, 0.2) is 5.78 Å². The molecular weight excluding hydrogens is 229 g/mol. The molecule has 6 heteroatoms. The summed E-state index contributed by atoms with van der Waals surface area (Å²) in [5, 5.41) is 0. The molecule has 2 rings (SSSR count). The molecule has 1 unspecified atom stereocenters. The highest BCUT2D eigenvalue weighted by Crippen LogP contribution is 2.26. The standard InChI is InChI=1S/C11H10O3.B.2FH/c1-7(12)9-6-14-10-5-3-2-4-8(10)11(9)13;;;/h2-5,9H,6H2,1H3;;2*1H. The van der Waals surface area contributed by atoms with Gasteiger partial charge >= 0.3 is 0 Å². The molecule has 1 atom stereocenters. The second-order valence-electron chi connectivity index (χ2n) is 3.33. The van der Waals surface area contributed by atoms with E-state index in [1.54, 1.807) is 24.3 Å². The number of benzene rings is 1. The first-order chi connectivity index (χ1) is 6.70. The van der Waals surface area contributed by atoms with E-state index in [-0.39, 0.29) is 36.0 Å². The van der Waals surface area contributed by atoms with Gasteiger partial charge in [0.25, 0.3) is 0 Å². The number of carbonyl (C=O) groups is 2. The number of carbonyl (C=O) groups excluding carboxylic acids is 2. The topological polar surface area (TPSA) is 43.4 Å². The van der Waals surface area contributed by atoms with Crippen molar-refractivity contribution >= 4 is 20.0 Å². The molecule has 0 aromatic heterocycles. The minimum absolute atomic E-state index is 0. The Kier molecular flexibility index (Phi) is 7.05. The average molecular weight is 241 g/mol. The molecule has 0 aliphatic carbocycles. The summed E-state index contributed by atoms with van der Waals surface area (Å²) in [7, 11) is 0. The number of fused-ring (bicyclic) bond motifs is 1. The van der Waals surface area contributed by atoms with Crippen LogP contribution in [-0.4, -0.2) is 26.6 Å². The molecule has 1 aliphatic heterocycles. The van der Waals surface area contributed by atoms with E-state index >= 15 is 0 Å². The Bertz CT molecular complexity index is 409. The smallest absolute Gasteiger partial charge is 0.180 e. The zero-order valence-electron chi connectivity index (χ0n) is 9.21. The van der Waals surface area contributed by atoms with Crippen LogP contribution in [0.2, 0.25) is 0 Å². The first kappa shape index (κ1) is 17.7. The summed E-state index contributed by atoms with van der Waals surface area (Å²) >= 11 is 0. The van der Waals surface area contributed by atoms with Crippen molar-refractivity contribution < 1.29 is 23.7 Å². The largest absolute Gasteiger partial charge is 0.492 e. The van der Waals surface area contributed by atoms with Crippen molar-refractivity contribution in [2.75, 3.05) is 6.61 Å². The highest BCUT2D eigenvalue weighted by atomic mass is 19.0. The van der Waals surface area contributed by atoms with Gasteiger partial charge in [0.05, 0.1) is 5.56 Å². The first-order valence-electron chi connectivity index (χ1n) is 4.46. The van der Waals surface area contributed by atoms with Gasteiger partial charge in [0.2, 0.25) is 0 Å². The van der Waals surface area contributed by atoms with Crippen LogP contribution in [0.15, 0.2) is 24.3 Å². The summed E-state index contributed by atoms with van der Waals surface area (Å²) in [6.45, 7) is 1.59. The lowest BCUT2D eigenvalue weighted by molar-refractivity contribution is -0.120. The third-order valence-electron chi connectivity index (χ3n) is 2.37. The minimum Gasteiger partial charge on any atom is -0.492 e. The molecule has 0 amide bonds. The quantitative estimate of drug-likeness (QED) is 0.551. The van der Waals surface area contributed by atoms with Gasteiger partial charge in [-0.05, 0) is 19.1 Å². The summed E-state index contributed by atoms with van der Waals surface area (Å²) in [5.41, 5.74) is 0.513. The van der Waals surface area contributed by atoms with Crippen molar-refractivity contribution in [3.05, 3.63) is 29.8 Å². The molecular formula is C11H12BF2O3. The molecule has 1 heterocycles. The molecule has 3 radical (unpaired) electrons. The van der Waals surface area contributed by atoms with Crippen LogP contribution in [0.5, 0.6) is 5.75 Å². The Morgan fingerprint density at radius 2 is 1.88 bits per heavy atom. The van der Waals surface area contributed by atoms with E-state index < -0.39 is 5.92 Å². The molecule has 0 saturated carbocycles. The summed E-state index contributed by atoms with van der Waals surface area (Å²) in [6.07, 6.45) is 0. The van der Waals surface area contributed by atoms with Crippen molar-refractivity contribution in [2.45, 2.75) is 6.92 Å². The molecule has 0 saturated heterocycles. The van der Waals surface area contributed by atoms with Gasteiger partial charge in [-0.2, -0.15) is 0 Å². The van der Waals surface area contributed by atoms with Crippen molar-refractivity contribution in [1.82, 2.24) is 0 Å². The number of hydrogen-bond acceptors (Lipinski definition) is 3. The Morgan fingerprint density at radius 1 is 1.29 bits per heavy atom. The lowest BCUT2D eigenvalue weighted by atomic mass is 9.92. The summed E-state index contributed by atoms with van der Waals surface area (Å²) in [5.74, 6) is -0.302. The zero-order chi connectivity index (χ0) is 10.1. The van der Waals surface area contributed by atoms with Gasteiger partial charge in [-0.1, -0.05) is 12.1 Å². The summed E-state index contributed by atoms with van der Waals surface area (Å²) in [6, 6.07) is 7.00. The number of rotatable bonds is 1. The zero-order valence-corrected chi connectivity index (χ0v) is 9.21. The van der Waals surface area contributed by atoms with Crippen molar-refractivity contribution in [3.8, 4) is 5.75 Å². The van der Waals surface area contributed by atoms with E-state index in [4.69, 9.17) is 4.74 Å². The molecule has 0 spiro atoms. The fourth-order valence-corrected chi connectivity index (χ4v) is 1.53. The maximum absolute atomic E-state index is 11.8. The lowest BCUT2D eigenvalue weighted by Crippen LogP contribution is -2.32. The Balaban J connectivity index is 0. The fraction of sp³-hybridized carbons (Fsp3) is 0.273. The predicted molar refractivity (Wildman–Crippen MR) is 61.2 cm³/mol. The number of ketones is 2. The van der Waals surface area contributed by atoms with Crippen LogP contribution >= 0.6 is 0 Å². The van der Waals surface area contributed by atoms with E-state index in [1.165, 1.54) is 6.92 Å². The van der Waals surface area contributed by atoms with Gasteiger partial charge in [-0.3, -0.25) is 19.0 Å². The van der Waals surface area contributed by atoms with Crippen LogP contribution in [-0.2, 0) is 4.79 Å². The van der Waals surface area contributed by atoms with Crippen LogP contribution < -0.4 is 4.74 Å². The van der Waals surface area contributed by atoms with E-state index in [1.807, 2.05) is 0 Å². The van der Waals surface area contributed by atoms with Crippen LogP contribution in [0.1, 0.15) is 17.3 Å². The summed E-state index contributed by atoms with van der Waals surface area (Å²) in [4.78, 5) is 22.9. The maximum Gasteiger partial charge on any atom is 0.180 e. The third kappa shape index (κ3) is 3.12. The van der Waals surface area contributed by atoms with Crippen LogP contribution in [0, 0.1) is 5.92 Å². The van der Waals surface area contributed by atoms with E-state index in [2.05, 4.69) is 0 Å². The number of Topliss-reactive ketones (excluding diaryl/α,β-unsaturated/α-hetero) is 2. The van der Waals surface area contributed by atoms with Gasteiger partial charge < -0.3 is 4.74 Å². The van der Waals surface area contributed by atoms with Crippen LogP contribution in [0.3, 0.4) is 0 Å². The second-order valence-corrected chi connectivity index (χ2v) is 3.33. The fourth-order valence-electron chi connectivity index (χ4n) is 1.53. The van der Waals surface area contributed by atoms with Gasteiger partial charge in [0.1, 0.15) is 24.1 Å². The van der Waals surface area contributed by atoms with Crippen LogP contribution in [0.4, 0.5) is 9.41 Å². The lowest BCUT2D eigenvalue weighted by Gasteiger charge is -2.21. The molecule has 1 aromatic rings. The highest BCUT2D eigenvalue weighted by molar-refractivity contribution is 6.12. The number of hydrogen-bond donors (Lipinski definition) is 0. The second kappa shape index (κ2) is 6.78. The first-order valence-corrected chi connectivity index (χ1v) is 4.46. The molecule has 0 N–H and O–H groups in total. The van der Waals surface area contributed by atoms with Gasteiger partial charge in [-0.25, -0.2) is 0 Å². The van der Waals surface area contributed by atoms with Crippen molar-refractivity contribution in [3.63, 3.8) is 0 Å². The van der Waals surface area contributed by atoms with Crippen molar-refractivity contribution in [2.24, 2.45) is 5.92 Å². The molecule has 3 nitrogen and oxygen atoms in total. The molecule has 91 valence electrons. The molecule has 1 aliphatic rings. The van der Waals surface area contributed by atoms with Gasteiger partial charge in [-0.15, -0.1) is 0 Å². The number of halogens is 2. The molecule has 17 heavy (non-hydrogen) atoms. The highest BCUT2D eigenvalue weighted by Gasteiger charge is 2.31. The maximum atomic E-state index is 11.8. The normalized spacial score (nSPS) is 16.3. The van der Waals surface area contributed by atoms with Gasteiger partial charge in [0, 0.05) is 8.41 Å². The number of ether oxygens (including phenoxy) is 1. The Labute approximate surface area is 99.5 Å². The van der Waals surface area contributed by atoms with E-state index in [9.17, 15) is 9.59 Å². The summed E-state index contributed by atoms with van der Waals surface area (Å²) < 4.78 is 5.33. The monoisotopic (exact) mass is 241 g/mol.